The number of nitrogens with zero attached hydrogens (tertiary/aromatic N) is 1. The van der Waals surface area contributed by atoms with E-state index in [4.69, 9.17) is 5.73 Å². The molecule has 0 spiro atoms. The normalized spacial score (nSPS) is 11.5. The maximum Gasteiger partial charge on any atom is 0.243 e. The summed E-state index contributed by atoms with van der Waals surface area (Å²) in [6.45, 7) is 3.89. The van der Waals surface area contributed by atoms with E-state index in [1.165, 1.54) is 0 Å². The molecular formula is C15H19N3O2S. The van der Waals surface area contributed by atoms with Gasteiger partial charge in [0.2, 0.25) is 10.0 Å². The lowest BCUT2D eigenvalue weighted by molar-refractivity contribution is 0.580. The first-order valence-electron chi connectivity index (χ1n) is 6.73. The molecule has 1 aromatic carbocycles. The molecule has 6 heteroatoms. The second-order valence-corrected chi connectivity index (χ2v) is 6.48. The summed E-state index contributed by atoms with van der Waals surface area (Å²) in [4.78, 5) is 4.37. The minimum Gasteiger partial charge on any atom is -0.398 e. The summed E-state index contributed by atoms with van der Waals surface area (Å²) in [6.07, 6.45) is 2.46. The van der Waals surface area contributed by atoms with E-state index >= 15 is 0 Å². The molecule has 112 valence electrons. The van der Waals surface area contributed by atoms with Crippen LogP contribution in [0.2, 0.25) is 0 Å². The molecule has 21 heavy (non-hydrogen) atoms. The molecule has 3 N–H and O–H groups in total. The number of benzene rings is 1. The van der Waals surface area contributed by atoms with Crippen LogP contribution < -0.4 is 10.5 Å². The van der Waals surface area contributed by atoms with Crippen LogP contribution in [0, 0.1) is 6.92 Å². The van der Waals surface area contributed by atoms with Crippen molar-refractivity contribution in [1.29, 1.82) is 0 Å². The molecular weight excluding hydrogens is 286 g/mol. The summed E-state index contributed by atoms with van der Waals surface area (Å²) in [6, 6.07) is 8.83. The molecule has 0 aliphatic heterocycles. The number of nitrogens with two attached hydrogens (primary N) is 1. The second-order valence-electron chi connectivity index (χ2n) is 4.78. The maximum atomic E-state index is 12.4. The summed E-state index contributed by atoms with van der Waals surface area (Å²) in [5.74, 6) is 0. The fourth-order valence-electron chi connectivity index (χ4n) is 2.23. The minimum absolute atomic E-state index is 0.138. The SMILES string of the molecule is CCc1cccnc1CNS(=O)(=O)c1c(C)cccc1N. The Morgan fingerprint density at radius 3 is 2.67 bits per heavy atom. The van der Waals surface area contributed by atoms with Crippen LogP contribution in [-0.4, -0.2) is 13.4 Å². The van der Waals surface area contributed by atoms with Gasteiger partial charge in [-0.2, -0.15) is 0 Å². The van der Waals surface area contributed by atoms with E-state index in [0.717, 1.165) is 17.7 Å². The fourth-order valence-corrected chi connectivity index (χ4v) is 3.57. The first-order chi connectivity index (χ1) is 9.95. The topological polar surface area (TPSA) is 85.1 Å². The van der Waals surface area contributed by atoms with Crippen molar-refractivity contribution in [3.8, 4) is 0 Å². The Kier molecular flexibility index (Phi) is 4.59. The van der Waals surface area contributed by atoms with E-state index in [-0.39, 0.29) is 17.1 Å². The van der Waals surface area contributed by atoms with Gasteiger partial charge in [-0.05, 0) is 36.6 Å². The van der Waals surface area contributed by atoms with Gasteiger partial charge in [-0.3, -0.25) is 4.98 Å². The van der Waals surface area contributed by atoms with Crippen molar-refractivity contribution in [2.24, 2.45) is 0 Å². The predicted octanol–water partition coefficient (Wildman–Crippen LogP) is 2.01. The third-order valence-electron chi connectivity index (χ3n) is 3.31. The van der Waals surface area contributed by atoms with E-state index in [0.29, 0.717) is 5.56 Å². The highest BCUT2D eigenvalue weighted by Crippen LogP contribution is 2.22. The van der Waals surface area contributed by atoms with Gasteiger partial charge in [0.15, 0.2) is 0 Å². The van der Waals surface area contributed by atoms with Crippen LogP contribution >= 0.6 is 0 Å². The van der Waals surface area contributed by atoms with Gasteiger partial charge in [-0.1, -0.05) is 25.1 Å². The van der Waals surface area contributed by atoms with Gasteiger partial charge in [0, 0.05) is 6.20 Å². The Labute approximate surface area is 125 Å². The molecule has 0 unspecified atom stereocenters. The Balaban J connectivity index is 2.27. The van der Waals surface area contributed by atoms with Crippen LogP contribution in [0.4, 0.5) is 5.69 Å². The molecule has 2 rings (SSSR count). The molecule has 0 saturated carbocycles. The van der Waals surface area contributed by atoms with E-state index in [9.17, 15) is 8.42 Å². The lowest BCUT2D eigenvalue weighted by atomic mass is 10.1. The molecule has 0 radical (unpaired) electrons. The fraction of sp³-hybridized carbons (Fsp3) is 0.267. The van der Waals surface area contributed by atoms with Crippen LogP contribution in [-0.2, 0) is 23.0 Å². The molecule has 0 bridgehead atoms. The van der Waals surface area contributed by atoms with Crippen LogP contribution in [0.25, 0.3) is 0 Å². The van der Waals surface area contributed by atoms with Crippen molar-refractivity contribution in [3.05, 3.63) is 53.3 Å². The summed E-state index contributed by atoms with van der Waals surface area (Å²) in [5.41, 5.74) is 8.43. The lowest BCUT2D eigenvalue weighted by Gasteiger charge is -2.12. The number of nitrogen functional groups attached to an aromatic ring is 1. The largest absolute Gasteiger partial charge is 0.398 e. The van der Waals surface area contributed by atoms with Crippen molar-refractivity contribution in [2.75, 3.05) is 5.73 Å². The summed E-state index contributed by atoms with van der Waals surface area (Å²) in [5, 5.41) is 0. The molecule has 0 saturated heterocycles. The predicted molar refractivity (Wildman–Crippen MR) is 83.2 cm³/mol. The highest BCUT2D eigenvalue weighted by atomic mass is 32.2. The molecule has 0 atom stereocenters. The maximum absolute atomic E-state index is 12.4. The van der Waals surface area contributed by atoms with E-state index in [1.807, 2.05) is 19.1 Å². The molecule has 1 heterocycles. The molecule has 0 fully saturated rings. The first-order valence-corrected chi connectivity index (χ1v) is 8.21. The van der Waals surface area contributed by atoms with Crippen molar-refractivity contribution >= 4 is 15.7 Å². The minimum atomic E-state index is -3.66. The van der Waals surface area contributed by atoms with Crippen LogP contribution in [0.5, 0.6) is 0 Å². The standard InChI is InChI=1S/C15H19N3O2S/c1-3-12-7-5-9-17-14(12)10-18-21(19,20)15-11(2)6-4-8-13(15)16/h4-9,18H,3,10,16H2,1-2H3. The van der Waals surface area contributed by atoms with Gasteiger partial charge in [-0.25, -0.2) is 13.1 Å². The Hall–Kier alpha value is -1.92. The van der Waals surface area contributed by atoms with E-state index in [2.05, 4.69) is 9.71 Å². The number of aromatic nitrogens is 1. The quantitative estimate of drug-likeness (QED) is 0.828. The summed E-state index contributed by atoms with van der Waals surface area (Å²) in [7, 11) is -3.66. The van der Waals surface area contributed by atoms with E-state index in [1.54, 1.807) is 31.3 Å². The molecule has 5 nitrogen and oxygen atoms in total. The van der Waals surface area contributed by atoms with Crippen molar-refractivity contribution < 1.29 is 8.42 Å². The number of aryl methyl sites for hydroxylation is 2. The monoisotopic (exact) mass is 305 g/mol. The van der Waals surface area contributed by atoms with Crippen LogP contribution in [0.15, 0.2) is 41.4 Å². The number of sulfonamides is 1. The van der Waals surface area contributed by atoms with Crippen molar-refractivity contribution in [1.82, 2.24) is 9.71 Å². The highest BCUT2D eigenvalue weighted by Gasteiger charge is 2.20. The Morgan fingerprint density at radius 2 is 2.00 bits per heavy atom. The average Bonchev–Trinajstić information content (AvgIpc) is 2.45. The third-order valence-corrected chi connectivity index (χ3v) is 4.93. The zero-order chi connectivity index (χ0) is 15.5. The van der Waals surface area contributed by atoms with Gasteiger partial charge in [0.1, 0.15) is 4.90 Å². The van der Waals surface area contributed by atoms with Gasteiger partial charge in [0.05, 0.1) is 17.9 Å². The van der Waals surface area contributed by atoms with Crippen molar-refractivity contribution in [3.63, 3.8) is 0 Å². The lowest BCUT2D eigenvalue weighted by Crippen LogP contribution is -2.26. The third kappa shape index (κ3) is 3.40. The summed E-state index contributed by atoms with van der Waals surface area (Å²) >= 11 is 0. The van der Waals surface area contributed by atoms with Gasteiger partial charge >= 0.3 is 0 Å². The van der Waals surface area contributed by atoms with Crippen molar-refractivity contribution in [2.45, 2.75) is 31.7 Å². The van der Waals surface area contributed by atoms with Gasteiger partial charge < -0.3 is 5.73 Å². The van der Waals surface area contributed by atoms with E-state index < -0.39 is 10.0 Å². The number of pyridine rings is 1. The molecule has 1 aromatic heterocycles. The number of rotatable bonds is 5. The van der Waals surface area contributed by atoms with Gasteiger partial charge in [-0.15, -0.1) is 0 Å². The second kappa shape index (κ2) is 6.24. The zero-order valence-electron chi connectivity index (χ0n) is 12.1. The van der Waals surface area contributed by atoms with Crippen LogP contribution in [0.3, 0.4) is 0 Å². The molecule has 0 aliphatic rings. The van der Waals surface area contributed by atoms with Crippen LogP contribution in [0.1, 0.15) is 23.7 Å². The average molecular weight is 305 g/mol. The molecule has 2 aromatic rings. The van der Waals surface area contributed by atoms with Gasteiger partial charge in [0.25, 0.3) is 0 Å². The first kappa shape index (κ1) is 15.5. The molecule has 0 amide bonds. The number of nitrogens with one attached hydrogen (secondary N) is 1. The number of hydrogen-bond acceptors (Lipinski definition) is 4. The highest BCUT2D eigenvalue weighted by molar-refractivity contribution is 7.89. The molecule has 0 aliphatic carbocycles. The zero-order valence-corrected chi connectivity index (χ0v) is 12.9. The number of anilines is 1. The Morgan fingerprint density at radius 1 is 1.24 bits per heavy atom. The number of hydrogen-bond donors (Lipinski definition) is 2. The Bertz CT molecular complexity index is 722. The summed E-state index contributed by atoms with van der Waals surface area (Å²) < 4.78 is 27.4. The smallest absolute Gasteiger partial charge is 0.243 e.